The monoisotopic (exact) mass is 392 g/mol. The van der Waals surface area contributed by atoms with Crippen LogP contribution in [0.5, 0.6) is 0 Å². The Morgan fingerprint density at radius 1 is 1.00 bits per heavy atom. The van der Waals surface area contributed by atoms with Crippen molar-refractivity contribution in [2.24, 2.45) is 0 Å². The third-order valence-corrected chi connectivity index (χ3v) is 4.93. The third-order valence-electron chi connectivity index (χ3n) is 4.93. The van der Waals surface area contributed by atoms with Crippen LogP contribution in [0.2, 0.25) is 0 Å². The molecule has 0 aliphatic rings. The second-order valence-corrected chi connectivity index (χ2v) is 6.97. The van der Waals surface area contributed by atoms with Crippen LogP contribution in [0.15, 0.2) is 48.5 Å². The van der Waals surface area contributed by atoms with Crippen LogP contribution < -0.4 is 10.6 Å². The van der Waals surface area contributed by atoms with Gasteiger partial charge in [-0.15, -0.1) is 0 Å². The first-order valence-corrected chi connectivity index (χ1v) is 10.2. The molecule has 0 atom stereocenters. The van der Waals surface area contributed by atoms with Gasteiger partial charge in [-0.3, -0.25) is 9.59 Å². The highest BCUT2D eigenvalue weighted by molar-refractivity contribution is 5.92. The smallest absolute Gasteiger partial charge is 0.244 e. The Morgan fingerprint density at radius 3 is 2.55 bits per heavy atom. The number of amides is 2. The summed E-state index contributed by atoms with van der Waals surface area (Å²) < 4.78 is 1.97. The molecule has 0 spiro atoms. The summed E-state index contributed by atoms with van der Waals surface area (Å²) in [6, 6.07) is 15.7. The molecule has 0 saturated heterocycles. The van der Waals surface area contributed by atoms with E-state index in [4.69, 9.17) is 4.98 Å². The molecule has 2 N–H and O–H groups in total. The number of rotatable bonds is 9. The van der Waals surface area contributed by atoms with E-state index in [2.05, 4.69) is 17.6 Å². The molecule has 0 radical (unpaired) electrons. The van der Waals surface area contributed by atoms with Crippen LogP contribution in [0.1, 0.15) is 38.1 Å². The van der Waals surface area contributed by atoms with Crippen molar-refractivity contribution < 1.29 is 9.59 Å². The minimum absolute atomic E-state index is 0.0486. The van der Waals surface area contributed by atoms with E-state index >= 15 is 0 Å². The molecule has 0 bridgehead atoms. The van der Waals surface area contributed by atoms with Crippen molar-refractivity contribution in [2.75, 3.05) is 11.9 Å². The van der Waals surface area contributed by atoms with E-state index < -0.39 is 0 Å². The van der Waals surface area contributed by atoms with Gasteiger partial charge in [-0.1, -0.05) is 44.2 Å². The van der Waals surface area contributed by atoms with Gasteiger partial charge < -0.3 is 15.2 Å². The van der Waals surface area contributed by atoms with Crippen LogP contribution >= 0.6 is 0 Å². The zero-order valence-electron chi connectivity index (χ0n) is 17.1. The van der Waals surface area contributed by atoms with Crippen molar-refractivity contribution in [1.82, 2.24) is 14.9 Å². The van der Waals surface area contributed by atoms with E-state index in [0.717, 1.165) is 41.0 Å². The van der Waals surface area contributed by atoms with Gasteiger partial charge in [0.1, 0.15) is 12.4 Å². The number of benzene rings is 2. The lowest BCUT2D eigenvalue weighted by atomic mass is 10.1. The van der Waals surface area contributed by atoms with E-state index in [1.165, 1.54) is 0 Å². The van der Waals surface area contributed by atoms with Gasteiger partial charge in [0.15, 0.2) is 0 Å². The van der Waals surface area contributed by atoms with Gasteiger partial charge in [0, 0.05) is 25.1 Å². The van der Waals surface area contributed by atoms with Crippen LogP contribution in [0.3, 0.4) is 0 Å². The van der Waals surface area contributed by atoms with Crippen LogP contribution in [0.25, 0.3) is 11.0 Å². The van der Waals surface area contributed by atoms with Crippen LogP contribution in [-0.4, -0.2) is 27.9 Å². The topological polar surface area (TPSA) is 76.0 Å². The number of hydrogen-bond acceptors (Lipinski definition) is 3. The second-order valence-electron chi connectivity index (χ2n) is 6.97. The molecule has 6 heteroatoms. The molecule has 29 heavy (non-hydrogen) atoms. The van der Waals surface area contributed by atoms with Gasteiger partial charge in [-0.2, -0.15) is 0 Å². The maximum Gasteiger partial charge on any atom is 0.244 e. The summed E-state index contributed by atoms with van der Waals surface area (Å²) in [5.74, 6) is 0.831. The third kappa shape index (κ3) is 5.22. The highest BCUT2D eigenvalue weighted by atomic mass is 16.2. The number of aryl methyl sites for hydroxylation is 2. The SMILES string of the molecule is CCC(=O)NCCCc1nc2ccccc2n1CC(=O)Nc1ccccc1CC. The molecule has 6 nitrogen and oxygen atoms in total. The highest BCUT2D eigenvalue weighted by Gasteiger charge is 2.14. The van der Waals surface area contributed by atoms with E-state index in [1.54, 1.807) is 0 Å². The second kappa shape index (κ2) is 9.87. The molecule has 0 saturated carbocycles. The Balaban J connectivity index is 1.74. The molecule has 0 unspecified atom stereocenters. The molecule has 0 aliphatic heterocycles. The van der Waals surface area contributed by atoms with Crippen LogP contribution in [-0.2, 0) is 29.0 Å². The zero-order chi connectivity index (χ0) is 20.6. The first-order chi connectivity index (χ1) is 14.1. The number of anilines is 1. The number of carbonyl (C=O) groups excluding carboxylic acids is 2. The average Bonchev–Trinajstić information content (AvgIpc) is 3.08. The molecule has 1 heterocycles. The molecule has 0 aliphatic carbocycles. The Kier molecular flexibility index (Phi) is 7.00. The van der Waals surface area contributed by atoms with Crippen LogP contribution in [0, 0.1) is 0 Å². The van der Waals surface area contributed by atoms with Crippen molar-refractivity contribution in [2.45, 2.75) is 46.1 Å². The minimum atomic E-state index is -0.0745. The van der Waals surface area contributed by atoms with Gasteiger partial charge in [0.25, 0.3) is 0 Å². The molecule has 0 fully saturated rings. The first kappa shape index (κ1) is 20.6. The minimum Gasteiger partial charge on any atom is -0.356 e. The molecule has 3 rings (SSSR count). The van der Waals surface area contributed by atoms with E-state index in [9.17, 15) is 9.59 Å². The van der Waals surface area contributed by atoms with Gasteiger partial charge >= 0.3 is 0 Å². The molecular formula is C23H28N4O2. The Hall–Kier alpha value is -3.15. The van der Waals surface area contributed by atoms with E-state index in [-0.39, 0.29) is 18.4 Å². The number of nitrogens with one attached hydrogen (secondary N) is 2. The molecule has 1 aromatic heterocycles. The number of para-hydroxylation sites is 3. The summed E-state index contributed by atoms with van der Waals surface area (Å²) in [5, 5.41) is 5.92. The number of nitrogens with zero attached hydrogens (tertiary/aromatic N) is 2. The maximum absolute atomic E-state index is 12.8. The fraction of sp³-hybridized carbons (Fsp3) is 0.348. The predicted molar refractivity (Wildman–Crippen MR) is 116 cm³/mol. The lowest BCUT2D eigenvalue weighted by Gasteiger charge is -2.12. The van der Waals surface area contributed by atoms with Gasteiger partial charge in [0.05, 0.1) is 11.0 Å². The summed E-state index contributed by atoms with van der Waals surface area (Å²) in [4.78, 5) is 28.9. The lowest BCUT2D eigenvalue weighted by molar-refractivity contribution is -0.120. The Labute approximate surface area is 171 Å². The van der Waals surface area contributed by atoms with Gasteiger partial charge in [-0.05, 0) is 36.6 Å². The number of imidazole rings is 1. The summed E-state index contributed by atoms with van der Waals surface area (Å²) >= 11 is 0. The summed E-state index contributed by atoms with van der Waals surface area (Å²) in [6.45, 7) is 4.72. The highest BCUT2D eigenvalue weighted by Crippen LogP contribution is 2.19. The Bertz CT molecular complexity index is 993. The number of carbonyl (C=O) groups is 2. The normalized spacial score (nSPS) is 10.8. The first-order valence-electron chi connectivity index (χ1n) is 10.2. The average molecular weight is 393 g/mol. The zero-order valence-corrected chi connectivity index (χ0v) is 17.1. The largest absolute Gasteiger partial charge is 0.356 e. The van der Waals surface area contributed by atoms with Crippen molar-refractivity contribution >= 4 is 28.5 Å². The summed E-state index contributed by atoms with van der Waals surface area (Å²) in [7, 11) is 0. The van der Waals surface area contributed by atoms with Crippen molar-refractivity contribution in [3.63, 3.8) is 0 Å². The van der Waals surface area contributed by atoms with Crippen molar-refractivity contribution in [3.05, 3.63) is 59.9 Å². The quantitative estimate of drug-likeness (QED) is 0.545. The van der Waals surface area contributed by atoms with E-state index in [0.29, 0.717) is 19.4 Å². The standard InChI is InChI=1S/C23H28N4O2/c1-3-17-10-5-6-11-18(17)26-23(29)16-27-20-13-8-7-12-19(20)25-21(27)14-9-15-24-22(28)4-2/h5-8,10-13H,3-4,9,14-16H2,1-2H3,(H,24,28)(H,26,29). The number of aromatic nitrogens is 2. The van der Waals surface area contributed by atoms with Crippen molar-refractivity contribution in [1.29, 1.82) is 0 Å². The van der Waals surface area contributed by atoms with Gasteiger partial charge in [-0.25, -0.2) is 4.98 Å². The van der Waals surface area contributed by atoms with Crippen LogP contribution in [0.4, 0.5) is 5.69 Å². The predicted octanol–water partition coefficient (Wildman–Crippen LogP) is 3.70. The summed E-state index contributed by atoms with van der Waals surface area (Å²) in [6.07, 6.45) is 2.81. The molecule has 2 amide bonds. The maximum atomic E-state index is 12.8. The van der Waals surface area contributed by atoms with Gasteiger partial charge in [0.2, 0.25) is 11.8 Å². The van der Waals surface area contributed by atoms with Crippen molar-refractivity contribution in [3.8, 4) is 0 Å². The fourth-order valence-electron chi connectivity index (χ4n) is 3.38. The Morgan fingerprint density at radius 2 is 1.76 bits per heavy atom. The molecular weight excluding hydrogens is 364 g/mol. The lowest BCUT2D eigenvalue weighted by Crippen LogP contribution is -2.24. The van der Waals surface area contributed by atoms with E-state index in [1.807, 2.05) is 60.0 Å². The number of fused-ring (bicyclic) bond motifs is 1. The molecule has 3 aromatic rings. The fourth-order valence-corrected chi connectivity index (χ4v) is 3.38. The molecule has 2 aromatic carbocycles. The summed E-state index contributed by atoms with van der Waals surface area (Å²) in [5.41, 5.74) is 3.79. The molecule has 152 valence electrons. The number of hydrogen-bond donors (Lipinski definition) is 2.